The maximum Gasteiger partial charge on any atom is 0.0922 e. The van der Waals surface area contributed by atoms with Crippen LogP contribution in [-0.2, 0) is 4.74 Å². The molecule has 2 rings (SSSR count). The summed E-state index contributed by atoms with van der Waals surface area (Å²) in [5.74, 6) is 0. The Labute approximate surface area is 54.8 Å². The second-order valence-corrected chi connectivity index (χ2v) is 3.35. The summed E-state index contributed by atoms with van der Waals surface area (Å²) in [6, 6.07) is 0. The molecule has 1 N–H and O–H groups in total. The third kappa shape index (κ3) is 0.775. The van der Waals surface area contributed by atoms with Crippen LogP contribution in [0.25, 0.3) is 0 Å². The average Bonchev–Trinajstić information content (AvgIpc) is 2.41. The Bertz CT molecular complexity index is 135. The Balaban J connectivity index is 2.01. The van der Waals surface area contributed by atoms with Crippen molar-refractivity contribution in [3.63, 3.8) is 0 Å². The van der Waals surface area contributed by atoms with Gasteiger partial charge in [0.25, 0.3) is 0 Å². The summed E-state index contributed by atoms with van der Waals surface area (Å²) < 4.78 is 5.38. The van der Waals surface area contributed by atoms with Crippen LogP contribution in [0.5, 0.6) is 0 Å². The van der Waals surface area contributed by atoms with Gasteiger partial charge in [0, 0.05) is 6.42 Å². The van der Waals surface area contributed by atoms with Gasteiger partial charge in [-0.1, -0.05) is 0 Å². The minimum Gasteiger partial charge on any atom is -0.393 e. The van der Waals surface area contributed by atoms with Gasteiger partial charge in [-0.05, 0) is 19.8 Å². The molecule has 9 heavy (non-hydrogen) atoms. The van der Waals surface area contributed by atoms with E-state index in [1.807, 2.05) is 0 Å². The number of hydrogen-bond donors (Lipinski definition) is 1. The van der Waals surface area contributed by atoms with Crippen LogP contribution in [0.1, 0.15) is 26.2 Å². The smallest absolute Gasteiger partial charge is 0.0922 e. The van der Waals surface area contributed by atoms with Crippen molar-refractivity contribution in [3.05, 3.63) is 0 Å². The van der Waals surface area contributed by atoms with Crippen molar-refractivity contribution in [3.8, 4) is 0 Å². The van der Waals surface area contributed by atoms with Crippen molar-refractivity contribution in [1.82, 2.24) is 0 Å². The molecule has 1 unspecified atom stereocenters. The normalized spacial score (nSPS) is 56.7. The Morgan fingerprint density at radius 1 is 1.67 bits per heavy atom. The van der Waals surface area contributed by atoms with E-state index in [2.05, 4.69) is 6.92 Å². The maximum atomic E-state index is 9.14. The zero-order chi connectivity index (χ0) is 6.48. The topological polar surface area (TPSA) is 32.8 Å². The van der Waals surface area contributed by atoms with Gasteiger partial charge in [0.05, 0.1) is 17.8 Å². The van der Waals surface area contributed by atoms with Crippen molar-refractivity contribution >= 4 is 0 Å². The number of hydrogen-bond acceptors (Lipinski definition) is 2. The van der Waals surface area contributed by atoms with Gasteiger partial charge in [-0.15, -0.1) is 0 Å². The first-order valence-electron chi connectivity index (χ1n) is 3.56. The van der Waals surface area contributed by atoms with Crippen molar-refractivity contribution in [2.45, 2.75) is 44.0 Å². The summed E-state index contributed by atoms with van der Waals surface area (Å²) in [6.07, 6.45) is 3.11. The molecule has 1 aliphatic heterocycles. The molecule has 3 atom stereocenters. The highest BCUT2D eigenvalue weighted by atomic mass is 16.6. The van der Waals surface area contributed by atoms with E-state index < -0.39 is 0 Å². The third-order valence-electron chi connectivity index (χ3n) is 2.50. The summed E-state index contributed by atoms with van der Waals surface area (Å²) in [7, 11) is 0. The van der Waals surface area contributed by atoms with E-state index in [0.717, 1.165) is 19.3 Å². The minimum absolute atomic E-state index is 0.0921. The molecule has 52 valence electrons. The molecular weight excluding hydrogens is 116 g/mol. The van der Waals surface area contributed by atoms with Crippen LogP contribution in [0.15, 0.2) is 0 Å². The molecular formula is C7H12O2. The van der Waals surface area contributed by atoms with E-state index in [-0.39, 0.29) is 11.7 Å². The largest absolute Gasteiger partial charge is 0.393 e. The van der Waals surface area contributed by atoms with E-state index in [9.17, 15) is 0 Å². The van der Waals surface area contributed by atoms with Gasteiger partial charge in [0.2, 0.25) is 0 Å². The molecule has 0 aromatic rings. The maximum absolute atomic E-state index is 9.14. The first kappa shape index (κ1) is 5.69. The fraction of sp³-hybridized carbons (Fsp3) is 1.00. The second-order valence-electron chi connectivity index (χ2n) is 3.35. The number of aliphatic hydroxyl groups is 1. The van der Waals surface area contributed by atoms with Crippen LogP contribution < -0.4 is 0 Å². The quantitative estimate of drug-likeness (QED) is 0.487. The molecule has 0 aromatic carbocycles. The van der Waals surface area contributed by atoms with Crippen LogP contribution in [0.2, 0.25) is 0 Å². The van der Waals surface area contributed by atoms with Crippen LogP contribution in [-0.4, -0.2) is 22.9 Å². The number of fused-ring (bicyclic) bond motifs is 1. The summed E-state index contributed by atoms with van der Waals surface area (Å²) in [5, 5.41) is 9.14. The highest BCUT2D eigenvalue weighted by Crippen LogP contribution is 2.47. The monoisotopic (exact) mass is 128 g/mol. The van der Waals surface area contributed by atoms with E-state index >= 15 is 0 Å². The Hall–Kier alpha value is -0.0800. The number of ether oxygens (including phenoxy) is 1. The molecule has 1 aliphatic carbocycles. The zero-order valence-electron chi connectivity index (χ0n) is 5.63. The molecule has 2 nitrogen and oxygen atoms in total. The van der Waals surface area contributed by atoms with Crippen LogP contribution in [0, 0.1) is 0 Å². The van der Waals surface area contributed by atoms with E-state index in [4.69, 9.17) is 9.84 Å². The highest BCUT2D eigenvalue weighted by Gasteiger charge is 2.54. The lowest BCUT2D eigenvalue weighted by atomic mass is 9.89. The van der Waals surface area contributed by atoms with Gasteiger partial charge in [-0.25, -0.2) is 0 Å². The standard InChI is InChI=1S/C7H12O2/c1-7-3-2-5(8)4-6(7)9-7/h5-6,8H,2-4H2,1H3/t5?,6-,7+/m1/s1. The van der Waals surface area contributed by atoms with Crippen molar-refractivity contribution in [2.75, 3.05) is 0 Å². The average molecular weight is 128 g/mol. The zero-order valence-corrected chi connectivity index (χ0v) is 5.63. The lowest BCUT2D eigenvalue weighted by Gasteiger charge is -2.16. The second kappa shape index (κ2) is 1.50. The lowest BCUT2D eigenvalue weighted by molar-refractivity contribution is 0.132. The summed E-state index contributed by atoms with van der Waals surface area (Å²) >= 11 is 0. The summed E-state index contributed by atoms with van der Waals surface area (Å²) in [6.45, 7) is 2.13. The van der Waals surface area contributed by atoms with E-state index in [1.165, 1.54) is 0 Å². The van der Waals surface area contributed by atoms with Gasteiger partial charge < -0.3 is 9.84 Å². The molecule has 2 heteroatoms. The molecule has 1 saturated carbocycles. The molecule has 1 heterocycles. The van der Waals surface area contributed by atoms with Crippen molar-refractivity contribution < 1.29 is 9.84 Å². The molecule has 2 fully saturated rings. The molecule has 0 radical (unpaired) electrons. The first-order valence-corrected chi connectivity index (χ1v) is 3.56. The fourth-order valence-corrected chi connectivity index (χ4v) is 1.63. The minimum atomic E-state index is -0.0921. The van der Waals surface area contributed by atoms with E-state index in [0.29, 0.717) is 6.10 Å². The van der Waals surface area contributed by atoms with Crippen LogP contribution >= 0.6 is 0 Å². The molecule has 1 saturated heterocycles. The van der Waals surface area contributed by atoms with Gasteiger partial charge in [-0.3, -0.25) is 0 Å². The molecule has 0 amide bonds. The van der Waals surface area contributed by atoms with Gasteiger partial charge >= 0.3 is 0 Å². The Morgan fingerprint density at radius 2 is 2.44 bits per heavy atom. The molecule has 0 bridgehead atoms. The molecule has 2 aliphatic rings. The first-order chi connectivity index (χ1) is 4.21. The van der Waals surface area contributed by atoms with Gasteiger partial charge in [-0.2, -0.15) is 0 Å². The Morgan fingerprint density at radius 3 is 3.00 bits per heavy atom. The predicted octanol–water partition coefficient (Wildman–Crippen LogP) is 0.689. The fourth-order valence-electron chi connectivity index (χ4n) is 1.63. The molecule has 0 aromatic heterocycles. The van der Waals surface area contributed by atoms with Crippen molar-refractivity contribution in [1.29, 1.82) is 0 Å². The highest BCUT2D eigenvalue weighted by molar-refractivity contribution is 5.03. The summed E-state index contributed by atoms with van der Waals surface area (Å²) in [5.41, 5.74) is 0.166. The SMILES string of the molecule is C[C@]12CCC(O)C[C@H]1O2. The predicted molar refractivity (Wildman–Crippen MR) is 33.1 cm³/mol. The number of aliphatic hydroxyl groups excluding tert-OH is 1. The molecule has 0 spiro atoms. The van der Waals surface area contributed by atoms with E-state index in [1.54, 1.807) is 0 Å². The van der Waals surface area contributed by atoms with Gasteiger partial charge in [0.1, 0.15) is 0 Å². The number of epoxide rings is 1. The third-order valence-corrected chi connectivity index (χ3v) is 2.50. The Kier molecular flexibility index (Phi) is 0.945. The summed E-state index contributed by atoms with van der Waals surface area (Å²) in [4.78, 5) is 0. The van der Waals surface area contributed by atoms with Gasteiger partial charge in [0.15, 0.2) is 0 Å². The van der Waals surface area contributed by atoms with Crippen molar-refractivity contribution in [2.24, 2.45) is 0 Å². The van der Waals surface area contributed by atoms with Crippen LogP contribution in [0.4, 0.5) is 0 Å². The lowest BCUT2D eigenvalue weighted by Crippen LogP contribution is -2.24. The number of rotatable bonds is 0. The van der Waals surface area contributed by atoms with Crippen LogP contribution in [0.3, 0.4) is 0 Å².